The Morgan fingerprint density at radius 2 is 0.962 bits per heavy atom. The highest BCUT2D eigenvalue weighted by atomic mass is 16.4. The minimum absolute atomic E-state index is 1.12. The molecule has 0 aliphatic carbocycles. The maximum atomic E-state index is 9.04. The molecule has 0 spiro atoms. The van der Waals surface area contributed by atoms with Gasteiger partial charge in [-0.2, -0.15) is 0 Å². The minimum Gasteiger partial charge on any atom is -0.539 e. The third kappa shape index (κ3) is 27.7. The number of hydrogen-bond acceptors (Lipinski definition) is 3. The van der Waals surface area contributed by atoms with Crippen molar-refractivity contribution in [2.45, 2.75) is 96.8 Å². The van der Waals surface area contributed by atoms with E-state index >= 15 is 0 Å². The van der Waals surface area contributed by atoms with Crippen LogP contribution in [0.2, 0.25) is 0 Å². The number of unbranched alkanes of at least 4 members (excludes halogenated alkanes) is 13. The van der Waals surface area contributed by atoms with Crippen LogP contribution in [0, 0.1) is 0 Å². The lowest BCUT2D eigenvalue weighted by Crippen LogP contribution is -2.35. The molecule has 5 heteroatoms. The molecule has 156 valence electrons. The zero-order chi connectivity index (χ0) is 20.3. The van der Waals surface area contributed by atoms with Crippen molar-refractivity contribution in [1.82, 2.24) is 0 Å². The second kappa shape index (κ2) is 18.7. The lowest BCUT2D eigenvalue weighted by atomic mass is 10.0. The Morgan fingerprint density at radius 3 is 1.19 bits per heavy atom. The summed E-state index contributed by atoms with van der Waals surface area (Å²) in [6.45, 7) is 3.63. The summed E-state index contributed by atoms with van der Waals surface area (Å²) in [5, 5.41) is 16.3. The molecule has 0 fully saturated rings. The van der Waals surface area contributed by atoms with E-state index < -0.39 is 11.9 Å². The van der Waals surface area contributed by atoms with E-state index in [1.807, 2.05) is 0 Å². The first-order valence-electron chi connectivity index (χ1n) is 10.5. The maximum absolute atomic E-state index is 9.04. The second-order valence-corrected chi connectivity index (χ2v) is 8.20. The lowest BCUT2D eigenvalue weighted by molar-refractivity contribution is -0.870. The van der Waals surface area contributed by atoms with Gasteiger partial charge >= 0.3 is 5.97 Å². The predicted molar refractivity (Wildman–Crippen MR) is 106 cm³/mol. The first kappa shape index (κ1) is 27.1. The highest BCUT2D eigenvalue weighted by Crippen LogP contribution is 2.13. The molecule has 0 atom stereocenters. The Kier molecular flexibility index (Phi) is 19.5. The Labute approximate surface area is 161 Å². The van der Waals surface area contributed by atoms with Crippen LogP contribution in [-0.2, 0) is 9.59 Å². The summed E-state index contributed by atoms with van der Waals surface area (Å²) in [4.78, 5) is 18.0. The maximum Gasteiger partial charge on any atom is 0.351 e. The van der Waals surface area contributed by atoms with E-state index in [0.29, 0.717) is 0 Å². The Balaban J connectivity index is 0. The number of carbonyl (C=O) groups excluding carboxylic acids is 1. The molecule has 0 heterocycles. The standard InChI is InChI=1S/C19H42N.C2H2O4/c1-5-6-7-8-9-10-11-12-13-14-15-16-17-18-19-20(2,3)4;3-1(4)2(5)6/h5-19H2,1-4H3;(H,3,4)(H,5,6)/q+1;/p-1. The van der Waals surface area contributed by atoms with E-state index in [1.165, 1.54) is 96.4 Å². The average Bonchev–Trinajstić information content (AvgIpc) is 2.54. The number of carbonyl (C=O) groups is 2. The number of nitrogens with zero attached hydrogens (tertiary/aromatic N) is 1. The van der Waals surface area contributed by atoms with E-state index in [2.05, 4.69) is 28.1 Å². The molecule has 26 heavy (non-hydrogen) atoms. The molecule has 0 radical (unpaired) electrons. The molecule has 0 aliphatic heterocycles. The zero-order valence-electron chi connectivity index (χ0n) is 17.7. The Morgan fingerprint density at radius 1 is 0.692 bits per heavy atom. The van der Waals surface area contributed by atoms with Gasteiger partial charge in [0.05, 0.1) is 27.7 Å². The summed E-state index contributed by atoms with van der Waals surface area (Å²) < 4.78 is 1.12. The highest BCUT2D eigenvalue weighted by molar-refractivity contribution is 6.26. The van der Waals surface area contributed by atoms with Crippen molar-refractivity contribution >= 4 is 11.9 Å². The Hall–Kier alpha value is -1.10. The van der Waals surface area contributed by atoms with E-state index in [9.17, 15) is 0 Å². The number of quaternary nitrogens is 1. The monoisotopic (exact) mass is 373 g/mol. The van der Waals surface area contributed by atoms with E-state index in [1.54, 1.807) is 0 Å². The van der Waals surface area contributed by atoms with Crippen LogP contribution in [0.4, 0.5) is 0 Å². The smallest absolute Gasteiger partial charge is 0.351 e. The van der Waals surface area contributed by atoms with Crippen LogP contribution in [0.5, 0.6) is 0 Å². The van der Waals surface area contributed by atoms with Crippen molar-refractivity contribution in [3.8, 4) is 0 Å². The van der Waals surface area contributed by atoms with Crippen LogP contribution in [-0.4, -0.2) is 49.2 Å². The summed E-state index contributed by atoms with van der Waals surface area (Å²) in [5.41, 5.74) is 0. The molecule has 1 N–H and O–H groups in total. The van der Waals surface area contributed by atoms with Crippen LogP contribution in [0.1, 0.15) is 96.8 Å². The van der Waals surface area contributed by atoms with Gasteiger partial charge in [0.1, 0.15) is 0 Å². The average molecular weight is 374 g/mol. The summed E-state index contributed by atoms with van der Waals surface area (Å²) in [7, 11) is 6.88. The molecule has 0 aromatic rings. The quantitative estimate of drug-likeness (QED) is 0.267. The van der Waals surface area contributed by atoms with Crippen molar-refractivity contribution < 1.29 is 24.3 Å². The topological polar surface area (TPSA) is 77.4 Å². The van der Waals surface area contributed by atoms with Crippen LogP contribution in [0.3, 0.4) is 0 Å². The van der Waals surface area contributed by atoms with Gasteiger partial charge in [-0.1, -0.05) is 84.0 Å². The van der Waals surface area contributed by atoms with Crippen LogP contribution < -0.4 is 5.11 Å². The van der Waals surface area contributed by atoms with Gasteiger partial charge in [0, 0.05) is 0 Å². The van der Waals surface area contributed by atoms with Crippen molar-refractivity contribution in [2.24, 2.45) is 0 Å². The molecule has 0 unspecified atom stereocenters. The molecule has 0 aromatic heterocycles. The molecule has 0 bridgehead atoms. The molecule has 0 amide bonds. The molecular formula is C21H43NO4. The van der Waals surface area contributed by atoms with Crippen molar-refractivity contribution in [3.05, 3.63) is 0 Å². The number of carboxylic acids is 2. The van der Waals surface area contributed by atoms with Crippen LogP contribution >= 0.6 is 0 Å². The van der Waals surface area contributed by atoms with Gasteiger partial charge in [0.15, 0.2) is 5.97 Å². The fraction of sp³-hybridized carbons (Fsp3) is 0.905. The summed E-state index contributed by atoms with van der Waals surface area (Å²) in [5.74, 6) is -4.01. The zero-order valence-corrected chi connectivity index (χ0v) is 17.7. The fourth-order valence-electron chi connectivity index (χ4n) is 2.78. The molecule has 0 rings (SSSR count). The summed E-state index contributed by atoms with van der Waals surface area (Å²) in [6.07, 6.45) is 20.4. The van der Waals surface area contributed by atoms with Crippen molar-refractivity contribution in [2.75, 3.05) is 27.7 Å². The molecule has 0 aromatic carbocycles. The van der Waals surface area contributed by atoms with Gasteiger partial charge < -0.3 is 19.5 Å². The number of hydrogen-bond donors (Lipinski definition) is 1. The molecule has 0 aliphatic rings. The third-order valence-corrected chi connectivity index (χ3v) is 4.36. The Bertz CT molecular complexity index is 325. The van der Waals surface area contributed by atoms with Crippen molar-refractivity contribution in [1.29, 1.82) is 0 Å². The lowest BCUT2D eigenvalue weighted by Gasteiger charge is -2.23. The predicted octanol–water partition coefficient (Wildman–Crippen LogP) is 3.99. The summed E-state index contributed by atoms with van der Waals surface area (Å²) >= 11 is 0. The first-order valence-corrected chi connectivity index (χ1v) is 10.5. The van der Waals surface area contributed by atoms with Crippen molar-refractivity contribution in [3.63, 3.8) is 0 Å². The fourth-order valence-corrected chi connectivity index (χ4v) is 2.78. The molecular weight excluding hydrogens is 330 g/mol. The van der Waals surface area contributed by atoms with E-state index in [4.69, 9.17) is 19.8 Å². The van der Waals surface area contributed by atoms with Gasteiger partial charge in [0.25, 0.3) is 0 Å². The molecule has 0 saturated carbocycles. The number of rotatable bonds is 15. The van der Waals surface area contributed by atoms with Gasteiger partial charge in [-0.05, 0) is 12.8 Å². The molecule has 0 saturated heterocycles. The van der Waals surface area contributed by atoms with E-state index in [-0.39, 0.29) is 0 Å². The normalized spacial score (nSPS) is 10.9. The first-order chi connectivity index (χ1) is 12.2. The SMILES string of the molecule is CCCCCCCCCCCCCCCC[N+](C)(C)C.O=C([O-])C(=O)O. The van der Waals surface area contributed by atoms with Gasteiger partial charge in [-0.15, -0.1) is 0 Å². The van der Waals surface area contributed by atoms with Crippen LogP contribution in [0.25, 0.3) is 0 Å². The second-order valence-electron chi connectivity index (χ2n) is 8.20. The summed E-state index contributed by atoms with van der Waals surface area (Å²) in [6, 6.07) is 0. The third-order valence-electron chi connectivity index (χ3n) is 4.36. The molecule has 5 nitrogen and oxygen atoms in total. The number of carboxylic acid groups (broad SMARTS) is 2. The van der Waals surface area contributed by atoms with Gasteiger partial charge in [-0.3, -0.25) is 0 Å². The van der Waals surface area contributed by atoms with Crippen LogP contribution in [0.15, 0.2) is 0 Å². The van der Waals surface area contributed by atoms with Gasteiger partial charge in [0.2, 0.25) is 0 Å². The largest absolute Gasteiger partial charge is 0.539 e. The number of aliphatic carboxylic acids is 2. The van der Waals surface area contributed by atoms with E-state index in [0.717, 1.165) is 4.48 Å². The highest BCUT2D eigenvalue weighted by Gasteiger charge is 2.04. The minimum atomic E-state index is -2.07. The van der Waals surface area contributed by atoms with Gasteiger partial charge in [-0.25, -0.2) is 4.79 Å².